The van der Waals surface area contributed by atoms with Gasteiger partial charge in [-0.2, -0.15) is 0 Å². The molecule has 1 aromatic carbocycles. The van der Waals surface area contributed by atoms with Crippen LogP contribution in [0.1, 0.15) is 5.56 Å². The molecule has 1 aliphatic heterocycles. The van der Waals surface area contributed by atoms with Crippen LogP contribution in [0, 0.1) is 0 Å². The number of nitrogens with one attached hydrogen (secondary N) is 1. The summed E-state index contributed by atoms with van der Waals surface area (Å²) in [6, 6.07) is 4.22. The van der Waals surface area contributed by atoms with Gasteiger partial charge in [0.05, 0.1) is 4.90 Å². The van der Waals surface area contributed by atoms with Crippen molar-refractivity contribution in [2.75, 3.05) is 0 Å². The second kappa shape index (κ2) is 2.21. The molecule has 0 saturated carbocycles. The Morgan fingerprint density at radius 1 is 1.42 bits per heavy atom. The minimum absolute atomic E-state index is 0.0904. The molecule has 2 N–H and O–H groups in total. The van der Waals surface area contributed by atoms with Gasteiger partial charge in [0.2, 0.25) is 10.0 Å². The highest BCUT2D eigenvalue weighted by molar-refractivity contribution is 7.89. The van der Waals surface area contributed by atoms with E-state index in [1.807, 2.05) is 0 Å². The number of phenols is 1. The van der Waals surface area contributed by atoms with E-state index in [-0.39, 0.29) is 17.2 Å². The second-order valence-electron chi connectivity index (χ2n) is 2.62. The van der Waals surface area contributed by atoms with Crippen LogP contribution in [-0.4, -0.2) is 13.5 Å². The number of rotatable bonds is 0. The van der Waals surface area contributed by atoms with Crippen LogP contribution in [0.2, 0.25) is 0 Å². The predicted octanol–water partition coefficient (Wildman–Crippen LogP) is 0.184. The number of fused-ring (bicyclic) bond motifs is 1. The van der Waals surface area contributed by atoms with E-state index in [0.717, 1.165) is 0 Å². The van der Waals surface area contributed by atoms with E-state index < -0.39 is 10.0 Å². The average Bonchev–Trinajstić information content (AvgIpc) is 2.27. The molecule has 0 atom stereocenters. The van der Waals surface area contributed by atoms with E-state index in [0.29, 0.717) is 5.56 Å². The summed E-state index contributed by atoms with van der Waals surface area (Å²) in [6.45, 7) is 0.270. The van der Waals surface area contributed by atoms with Crippen LogP contribution in [0.4, 0.5) is 0 Å². The van der Waals surface area contributed by atoms with Crippen molar-refractivity contribution in [2.45, 2.75) is 11.4 Å². The fourth-order valence-corrected chi connectivity index (χ4v) is 2.44. The summed E-state index contributed by atoms with van der Waals surface area (Å²) in [7, 11) is -3.28. The molecule has 1 aromatic rings. The molecule has 0 fully saturated rings. The Balaban J connectivity index is 2.71. The van der Waals surface area contributed by atoms with Crippen molar-refractivity contribution in [1.82, 2.24) is 4.72 Å². The Kier molecular flexibility index (Phi) is 1.39. The molecule has 4 nitrogen and oxygen atoms in total. The zero-order chi connectivity index (χ0) is 8.77. The van der Waals surface area contributed by atoms with Gasteiger partial charge in [-0.15, -0.1) is 0 Å². The largest absolute Gasteiger partial charge is 0.508 e. The standard InChI is InChI=1S/C7H7NO3S/c9-6-1-2-7-5(3-6)4-8-12(7,10)11/h1-3,8-9H,4H2. The molecule has 0 unspecified atom stereocenters. The Morgan fingerprint density at radius 3 is 2.92 bits per heavy atom. The topological polar surface area (TPSA) is 66.4 Å². The van der Waals surface area contributed by atoms with Crippen molar-refractivity contribution in [1.29, 1.82) is 0 Å². The van der Waals surface area contributed by atoms with Crippen molar-refractivity contribution >= 4 is 10.0 Å². The third kappa shape index (κ3) is 0.981. The first-order valence-corrected chi connectivity index (χ1v) is 4.89. The number of benzene rings is 1. The monoisotopic (exact) mass is 185 g/mol. The van der Waals surface area contributed by atoms with Crippen molar-refractivity contribution < 1.29 is 13.5 Å². The summed E-state index contributed by atoms with van der Waals surface area (Å²) in [5.74, 6) is 0.0904. The van der Waals surface area contributed by atoms with Crippen LogP contribution >= 0.6 is 0 Å². The minimum atomic E-state index is -3.28. The van der Waals surface area contributed by atoms with Gasteiger partial charge in [-0.05, 0) is 23.8 Å². The molecule has 0 radical (unpaired) electrons. The number of sulfonamides is 1. The van der Waals surface area contributed by atoms with Crippen LogP contribution in [0.5, 0.6) is 5.75 Å². The SMILES string of the molecule is O=S1(=O)NCc2cc(O)ccc21. The lowest BCUT2D eigenvalue weighted by Crippen LogP contribution is -2.13. The molecule has 5 heteroatoms. The van der Waals surface area contributed by atoms with Gasteiger partial charge >= 0.3 is 0 Å². The highest BCUT2D eigenvalue weighted by Gasteiger charge is 2.24. The Labute approximate surface area is 69.9 Å². The third-order valence-corrected chi connectivity index (χ3v) is 3.29. The Bertz CT molecular complexity index is 424. The molecule has 0 bridgehead atoms. The van der Waals surface area contributed by atoms with E-state index in [4.69, 9.17) is 5.11 Å². The maximum absolute atomic E-state index is 11.2. The van der Waals surface area contributed by atoms with E-state index in [2.05, 4.69) is 4.72 Å². The van der Waals surface area contributed by atoms with E-state index in [1.165, 1.54) is 18.2 Å². The maximum atomic E-state index is 11.2. The van der Waals surface area contributed by atoms with Crippen molar-refractivity contribution in [3.8, 4) is 5.75 Å². The van der Waals surface area contributed by atoms with E-state index in [9.17, 15) is 8.42 Å². The smallest absolute Gasteiger partial charge is 0.241 e. The first-order valence-electron chi connectivity index (χ1n) is 3.41. The van der Waals surface area contributed by atoms with Gasteiger partial charge in [-0.3, -0.25) is 0 Å². The highest BCUT2D eigenvalue weighted by Crippen LogP contribution is 2.25. The lowest BCUT2D eigenvalue weighted by Gasteiger charge is -1.96. The van der Waals surface area contributed by atoms with Gasteiger partial charge in [0, 0.05) is 6.54 Å². The van der Waals surface area contributed by atoms with Crippen molar-refractivity contribution in [2.24, 2.45) is 0 Å². The highest BCUT2D eigenvalue weighted by atomic mass is 32.2. The Morgan fingerprint density at radius 2 is 2.17 bits per heavy atom. The van der Waals surface area contributed by atoms with Gasteiger partial charge in [0.1, 0.15) is 5.75 Å². The summed E-state index contributed by atoms with van der Waals surface area (Å²) in [6.07, 6.45) is 0. The normalized spacial score (nSPS) is 19.0. The molecule has 0 saturated heterocycles. The lowest BCUT2D eigenvalue weighted by molar-refractivity contribution is 0.474. The summed E-state index contributed by atoms with van der Waals surface area (Å²) < 4.78 is 24.7. The number of aromatic hydroxyl groups is 1. The summed E-state index contributed by atoms with van der Waals surface area (Å²) in [5.41, 5.74) is 0.620. The molecular formula is C7H7NO3S. The van der Waals surface area contributed by atoms with Gasteiger partial charge in [0.15, 0.2) is 0 Å². The third-order valence-electron chi connectivity index (χ3n) is 1.79. The van der Waals surface area contributed by atoms with Crippen LogP contribution in [0.3, 0.4) is 0 Å². The maximum Gasteiger partial charge on any atom is 0.241 e. The van der Waals surface area contributed by atoms with Gasteiger partial charge in [-0.1, -0.05) is 0 Å². The van der Waals surface area contributed by atoms with E-state index >= 15 is 0 Å². The molecule has 0 aliphatic carbocycles. The predicted molar refractivity (Wildman–Crippen MR) is 42.1 cm³/mol. The molecule has 1 heterocycles. The van der Waals surface area contributed by atoms with Crippen LogP contribution < -0.4 is 4.72 Å². The summed E-state index contributed by atoms with van der Waals surface area (Å²) in [4.78, 5) is 0.264. The average molecular weight is 185 g/mol. The molecule has 2 rings (SSSR count). The second-order valence-corrected chi connectivity index (χ2v) is 4.35. The molecular weight excluding hydrogens is 178 g/mol. The van der Waals surface area contributed by atoms with Gasteiger partial charge in [-0.25, -0.2) is 13.1 Å². The van der Waals surface area contributed by atoms with Gasteiger partial charge < -0.3 is 5.11 Å². The zero-order valence-corrected chi connectivity index (χ0v) is 6.93. The zero-order valence-electron chi connectivity index (χ0n) is 6.11. The van der Waals surface area contributed by atoms with Crippen LogP contribution in [-0.2, 0) is 16.6 Å². The minimum Gasteiger partial charge on any atom is -0.508 e. The number of hydrogen-bond donors (Lipinski definition) is 2. The molecule has 12 heavy (non-hydrogen) atoms. The lowest BCUT2D eigenvalue weighted by atomic mass is 10.2. The number of phenolic OH excluding ortho intramolecular Hbond substituents is 1. The van der Waals surface area contributed by atoms with Crippen LogP contribution in [0.25, 0.3) is 0 Å². The fourth-order valence-electron chi connectivity index (χ4n) is 1.22. The Hall–Kier alpha value is -1.07. The van der Waals surface area contributed by atoms with Crippen molar-refractivity contribution in [3.63, 3.8) is 0 Å². The first-order chi connectivity index (χ1) is 5.59. The summed E-state index contributed by atoms with van der Waals surface area (Å²) in [5, 5.41) is 9.04. The van der Waals surface area contributed by atoms with Crippen molar-refractivity contribution in [3.05, 3.63) is 23.8 Å². The molecule has 0 spiro atoms. The van der Waals surface area contributed by atoms with E-state index in [1.54, 1.807) is 0 Å². The van der Waals surface area contributed by atoms with Gasteiger partial charge in [0.25, 0.3) is 0 Å². The fraction of sp³-hybridized carbons (Fsp3) is 0.143. The number of hydrogen-bond acceptors (Lipinski definition) is 3. The quantitative estimate of drug-likeness (QED) is 0.606. The van der Waals surface area contributed by atoms with Crippen LogP contribution in [0.15, 0.2) is 23.1 Å². The molecule has 1 aliphatic rings. The molecule has 0 amide bonds. The first kappa shape index (κ1) is 7.57. The molecule has 0 aromatic heterocycles. The molecule has 64 valence electrons. The summed E-state index contributed by atoms with van der Waals surface area (Å²) >= 11 is 0.